The van der Waals surface area contributed by atoms with Gasteiger partial charge in [0.15, 0.2) is 5.54 Å². The Hall–Kier alpha value is -6.11. The first-order chi connectivity index (χ1) is 21.8. The van der Waals surface area contributed by atoms with Crippen LogP contribution in [-0.4, -0.2) is 25.2 Å². The summed E-state index contributed by atoms with van der Waals surface area (Å²) in [6, 6.07) is 48.8. The molecule has 7 aromatic rings. The molecule has 0 fully saturated rings. The molecule has 8 heteroatoms. The second-order valence-electron chi connectivity index (χ2n) is 10.4. The van der Waals surface area contributed by atoms with E-state index in [0.29, 0.717) is 12.4 Å². The Balaban J connectivity index is 1.38. The number of fused-ring (bicyclic) bond motifs is 1. The lowest BCUT2D eigenvalue weighted by Crippen LogP contribution is -2.39. The predicted octanol–water partition coefficient (Wildman–Crippen LogP) is 8.21. The van der Waals surface area contributed by atoms with E-state index in [1.165, 1.54) is 0 Å². The molecule has 0 aliphatic heterocycles. The quantitative estimate of drug-likeness (QED) is 0.0794. The van der Waals surface area contributed by atoms with Crippen molar-refractivity contribution in [3.63, 3.8) is 0 Å². The first-order valence-corrected chi connectivity index (χ1v) is 14.2. The van der Waals surface area contributed by atoms with Gasteiger partial charge in [-0.15, -0.1) is 15.0 Å². The van der Waals surface area contributed by atoms with Crippen molar-refractivity contribution in [3.05, 3.63) is 178 Å². The lowest BCUT2D eigenvalue weighted by molar-refractivity contribution is 0.396. The van der Waals surface area contributed by atoms with E-state index in [1.54, 1.807) is 4.80 Å². The van der Waals surface area contributed by atoms with Gasteiger partial charge in [-0.25, -0.2) is 4.98 Å². The van der Waals surface area contributed by atoms with Gasteiger partial charge in [-0.05, 0) is 51.2 Å². The molecule has 2 aromatic heterocycles. The highest BCUT2D eigenvalue weighted by molar-refractivity contribution is 5.85. The molecule has 0 amide bonds. The molecular formula is C36H26N8. The smallest absolute Gasteiger partial charge is 0.205 e. The van der Waals surface area contributed by atoms with Gasteiger partial charge >= 0.3 is 0 Å². The Bertz CT molecular complexity index is 2000. The Morgan fingerprint density at radius 3 is 1.86 bits per heavy atom. The van der Waals surface area contributed by atoms with Gasteiger partial charge in [-0.3, -0.25) is 0 Å². The number of hydrogen-bond donors (Lipinski definition) is 0. The molecule has 0 bridgehead atoms. The van der Waals surface area contributed by atoms with E-state index < -0.39 is 5.54 Å². The van der Waals surface area contributed by atoms with Crippen LogP contribution in [0.1, 0.15) is 22.3 Å². The summed E-state index contributed by atoms with van der Waals surface area (Å²) in [4.78, 5) is 9.56. The standard InChI is InChI=1S/C36H26N8/c37-42-38-25-26-20-22-33-27(24-26)21-23-34(39-33)31-18-10-11-19-32(31)35-40-43-44(41-35)36(28-12-4-1-5-13-28,29-14-6-2-7-15-29)30-16-8-3-9-17-30/h1-24H,25H2. The molecule has 0 spiro atoms. The van der Waals surface area contributed by atoms with Crippen LogP contribution in [0.5, 0.6) is 0 Å². The molecule has 0 unspecified atom stereocenters. The zero-order valence-corrected chi connectivity index (χ0v) is 23.6. The maximum absolute atomic E-state index is 8.67. The minimum atomic E-state index is -0.863. The minimum Gasteiger partial charge on any atom is -0.248 e. The average Bonchev–Trinajstić information content (AvgIpc) is 3.59. The van der Waals surface area contributed by atoms with Crippen LogP contribution in [0, 0.1) is 0 Å². The molecule has 7 rings (SSSR count). The number of tetrazole rings is 1. The van der Waals surface area contributed by atoms with Gasteiger partial charge in [0.1, 0.15) is 0 Å². The van der Waals surface area contributed by atoms with Crippen LogP contribution in [0.4, 0.5) is 0 Å². The number of benzene rings is 5. The van der Waals surface area contributed by atoms with Gasteiger partial charge in [0.25, 0.3) is 0 Å². The maximum Gasteiger partial charge on any atom is 0.205 e. The molecule has 0 N–H and O–H groups in total. The highest BCUT2D eigenvalue weighted by Crippen LogP contribution is 2.40. The van der Waals surface area contributed by atoms with Crippen LogP contribution < -0.4 is 0 Å². The third-order valence-electron chi connectivity index (χ3n) is 7.80. The molecule has 0 aliphatic carbocycles. The first-order valence-electron chi connectivity index (χ1n) is 14.2. The normalized spacial score (nSPS) is 11.3. The fourth-order valence-electron chi connectivity index (χ4n) is 5.79. The van der Waals surface area contributed by atoms with E-state index in [4.69, 9.17) is 20.8 Å². The van der Waals surface area contributed by atoms with Crippen molar-refractivity contribution in [2.24, 2.45) is 5.11 Å². The molecule has 0 saturated heterocycles. The molecule has 2 heterocycles. The SMILES string of the molecule is [N-]=[N+]=NCc1ccc2nc(-c3ccccc3-c3nnn(C(c4ccccc4)(c4ccccc4)c4ccccc4)n3)ccc2c1. The Morgan fingerprint density at radius 2 is 1.25 bits per heavy atom. The summed E-state index contributed by atoms with van der Waals surface area (Å²) in [5.41, 5.74) is 15.2. The van der Waals surface area contributed by atoms with E-state index in [1.807, 2.05) is 109 Å². The molecule has 8 nitrogen and oxygen atoms in total. The summed E-state index contributed by atoms with van der Waals surface area (Å²) < 4.78 is 0. The summed E-state index contributed by atoms with van der Waals surface area (Å²) in [5.74, 6) is 0.499. The van der Waals surface area contributed by atoms with Gasteiger partial charge in [0.05, 0.1) is 17.8 Å². The number of rotatable bonds is 8. The maximum atomic E-state index is 8.67. The monoisotopic (exact) mass is 570 g/mol. The molecule has 0 aliphatic rings. The number of nitrogens with zero attached hydrogens (tertiary/aromatic N) is 8. The Labute approximate surface area is 253 Å². The molecule has 44 heavy (non-hydrogen) atoms. The second kappa shape index (κ2) is 11.6. The second-order valence-corrected chi connectivity index (χ2v) is 10.4. The number of hydrogen-bond acceptors (Lipinski definition) is 5. The Kier molecular flexibility index (Phi) is 7.08. The third-order valence-corrected chi connectivity index (χ3v) is 7.80. The van der Waals surface area contributed by atoms with E-state index in [0.717, 1.165) is 50.0 Å². The van der Waals surface area contributed by atoms with Crippen molar-refractivity contribution in [1.29, 1.82) is 0 Å². The van der Waals surface area contributed by atoms with Crippen molar-refractivity contribution in [3.8, 4) is 22.6 Å². The van der Waals surface area contributed by atoms with Gasteiger partial charge in [-0.2, -0.15) is 0 Å². The largest absolute Gasteiger partial charge is 0.248 e. The molecule has 0 saturated carbocycles. The molecule has 5 aromatic carbocycles. The van der Waals surface area contributed by atoms with Crippen molar-refractivity contribution in [2.45, 2.75) is 12.1 Å². The van der Waals surface area contributed by atoms with Gasteiger partial charge in [-0.1, -0.05) is 133 Å². The minimum absolute atomic E-state index is 0.300. The van der Waals surface area contributed by atoms with Crippen molar-refractivity contribution in [2.75, 3.05) is 0 Å². The lowest BCUT2D eigenvalue weighted by Gasteiger charge is -2.34. The van der Waals surface area contributed by atoms with Crippen LogP contribution in [0.2, 0.25) is 0 Å². The number of azide groups is 1. The van der Waals surface area contributed by atoms with Crippen molar-refractivity contribution in [1.82, 2.24) is 25.2 Å². The highest BCUT2D eigenvalue weighted by Gasteiger charge is 2.41. The van der Waals surface area contributed by atoms with Crippen molar-refractivity contribution < 1.29 is 0 Å². The van der Waals surface area contributed by atoms with Crippen LogP contribution in [0.25, 0.3) is 44.0 Å². The van der Waals surface area contributed by atoms with E-state index in [2.05, 4.69) is 51.5 Å². The summed E-state index contributed by atoms with van der Waals surface area (Å²) in [6.07, 6.45) is 0. The molecule has 0 atom stereocenters. The Morgan fingerprint density at radius 1 is 0.659 bits per heavy atom. The third kappa shape index (κ3) is 4.75. The number of pyridine rings is 1. The van der Waals surface area contributed by atoms with Gasteiger partial charge in [0.2, 0.25) is 5.82 Å². The fraction of sp³-hybridized carbons (Fsp3) is 0.0556. The van der Waals surface area contributed by atoms with Crippen LogP contribution in [-0.2, 0) is 12.1 Å². The average molecular weight is 571 g/mol. The van der Waals surface area contributed by atoms with Crippen LogP contribution in [0.15, 0.2) is 151 Å². The lowest BCUT2D eigenvalue weighted by atomic mass is 9.77. The zero-order chi connectivity index (χ0) is 29.8. The molecular weight excluding hydrogens is 544 g/mol. The summed E-state index contributed by atoms with van der Waals surface area (Å²) in [5, 5.41) is 19.1. The molecule has 0 radical (unpaired) electrons. The molecule has 210 valence electrons. The number of aromatic nitrogens is 5. The van der Waals surface area contributed by atoms with Crippen molar-refractivity contribution >= 4 is 10.9 Å². The highest BCUT2D eigenvalue weighted by atomic mass is 15.6. The summed E-state index contributed by atoms with van der Waals surface area (Å²) >= 11 is 0. The first kappa shape index (κ1) is 26.8. The van der Waals surface area contributed by atoms with Gasteiger partial charge < -0.3 is 0 Å². The predicted molar refractivity (Wildman–Crippen MR) is 171 cm³/mol. The summed E-state index contributed by atoms with van der Waals surface area (Å²) in [6.45, 7) is 0.300. The van der Waals surface area contributed by atoms with E-state index in [-0.39, 0.29) is 0 Å². The van der Waals surface area contributed by atoms with E-state index in [9.17, 15) is 0 Å². The summed E-state index contributed by atoms with van der Waals surface area (Å²) in [7, 11) is 0. The van der Waals surface area contributed by atoms with Crippen LogP contribution >= 0.6 is 0 Å². The van der Waals surface area contributed by atoms with E-state index >= 15 is 0 Å². The fourth-order valence-corrected chi connectivity index (χ4v) is 5.79. The topological polar surface area (TPSA) is 105 Å². The van der Waals surface area contributed by atoms with Gasteiger partial charge in [0, 0.05) is 21.4 Å². The zero-order valence-electron chi connectivity index (χ0n) is 23.6. The van der Waals surface area contributed by atoms with Crippen LogP contribution in [0.3, 0.4) is 0 Å².